The van der Waals surface area contributed by atoms with Gasteiger partial charge in [0.25, 0.3) is 5.56 Å². The Balaban J connectivity index is 1.50. The first kappa shape index (κ1) is 30.6. The molecule has 0 saturated carbocycles. The van der Waals surface area contributed by atoms with Gasteiger partial charge in [-0.15, -0.1) is 0 Å². The lowest BCUT2D eigenvalue weighted by Crippen LogP contribution is -2.53. The highest BCUT2D eigenvalue weighted by Gasteiger charge is 2.61. The maximum absolute atomic E-state index is 13.2. The van der Waals surface area contributed by atoms with Crippen molar-refractivity contribution >= 4 is 50.2 Å². The van der Waals surface area contributed by atoms with Gasteiger partial charge in [0.2, 0.25) is 9.76 Å². The second-order valence-electron chi connectivity index (χ2n) is 12.8. The third-order valence-corrected chi connectivity index (χ3v) is 8.86. The lowest BCUT2D eigenvalue weighted by Gasteiger charge is -2.37. The molecule has 2 saturated heterocycles. The third-order valence-electron chi connectivity index (χ3n) is 7.62. The zero-order valence-corrected chi connectivity index (χ0v) is 26.0. The first-order chi connectivity index (χ1) is 19.7. The van der Waals surface area contributed by atoms with E-state index in [4.69, 9.17) is 24.4 Å². The van der Waals surface area contributed by atoms with Crippen LogP contribution in [0.3, 0.4) is 0 Å². The molecule has 228 valence electrons. The predicted octanol–water partition coefficient (Wildman–Crippen LogP) is 1.98. The van der Waals surface area contributed by atoms with Crippen molar-refractivity contribution in [3.8, 4) is 0 Å². The standard InChI is InChI=1S/C28H40N6O7Si/c1-26(2,3)42-41-27(4,5)21-22(39-19(36)7-8-33-9-11-38-12-10-33)28(6,37)25(40-21)34-14-16-17(29)13-18(35)32-23-20(16)24(34)31-15-30-23/h13-15,21-22,25,37H,7-12,29H2,1-6H3,(H,30,31,32,35). The van der Waals surface area contributed by atoms with Gasteiger partial charge in [-0.2, -0.15) is 4.98 Å². The predicted molar refractivity (Wildman–Crippen MR) is 159 cm³/mol. The molecule has 2 radical (unpaired) electrons. The number of aliphatic imine (C=N–C) groups is 1. The van der Waals surface area contributed by atoms with Gasteiger partial charge in [-0.3, -0.25) is 14.5 Å². The number of morpholine rings is 1. The summed E-state index contributed by atoms with van der Waals surface area (Å²) in [5, 5.41) is 16.0. The van der Waals surface area contributed by atoms with Crippen LogP contribution in [-0.4, -0.2) is 97.9 Å². The van der Waals surface area contributed by atoms with Crippen molar-refractivity contribution in [1.29, 1.82) is 0 Å². The zero-order valence-electron chi connectivity index (χ0n) is 25.0. The summed E-state index contributed by atoms with van der Waals surface area (Å²) in [5.41, 5.74) is 3.33. The van der Waals surface area contributed by atoms with Gasteiger partial charge in [0.1, 0.15) is 23.3 Å². The number of aliphatic hydroxyl groups is 1. The Hall–Kier alpha value is -2.88. The van der Waals surface area contributed by atoms with E-state index in [2.05, 4.69) is 41.0 Å². The van der Waals surface area contributed by atoms with Crippen LogP contribution in [0.5, 0.6) is 0 Å². The number of aromatic nitrogens is 2. The van der Waals surface area contributed by atoms with Crippen molar-refractivity contribution in [2.75, 3.05) is 43.9 Å². The molecule has 0 bridgehead atoms. The fourth-order valence-electron chi connectivity index (χ4n) is 5.41. The number of nitrogens with one attached hydrogen (secondary N) is 1. The normalized spacial score (nSPS) is 26.4. The highest BCUT2D eigenvalue weighted by atomic mass is 28.2. The summed E-state index contributed by atoms with van der Waals surface area (Å²) >= 11 is 0. The number of hydrogen-bond donors (Lipinski definition) is 3. The summed E-state index contributed by atoms with van der Waals surface area (Å²) < 4.78 is 26.1. The minimum absolute atomic E-state index is 0.108. The SMILES string of the molecule is CC(C)(C)[Si]OC(C)(C)C1OC(n2cc3c(N)cc(=O)nc4c3c2N=CN4)C(C)(O)C1OC(=O)CCN1CCOCC1. The quantitative estimate of drug-likeness (QED) is 0.300. The number of nitrogens with two attached hydrogens (primary N) is 1. The van der Waals surface area contributed by atoms with Crippen LogP contribution >= 0.6 is 0 Å². The molecule has 0 aromatic carbocycles. The van der Waals surface area contributed by atoms with Crippen molar-refractivity contribution in [2.45, 2.75) is 82.6 Å². The molecule has 13 nitrogen and oxygen atoms in total. The average Bonchev–Trinajstić information content (AvgIpc) is 3.38. The van der Waals surface area contributed by atoms with E-state index in [-0.39, 0.29) is 26.9 Å². The Morgan fingerprint density at radius 2 is 2.00 bits per heavy atom. The van der Waals surface area contributed by atoms with E-state index in [0.29, 0.717) is 42.2 Å². The van der Waals surface area contributed by atoms with Crippen LogP contribution in [0.2, 0.25) is 5.04 Å². The van der Waals surface area contributed by atoms with Crippen LogP contribution in [0.15, 0.2) is 22.1 Å². The summed E-state index contributed by atoms with van der Waals surface area (Å²) in [6, 6.07) is 1.24. The van der Waals surface area contributed by atoms with Gasteiger partial charge in [-0.1, -0.05) is 20.8 Å². The smallest absolute Gasteiger partial charge is 0.307 e. The summed E-state index contributed by atoms with van der Waals surface area (Å²) in [4.78, 5) is 36.2. The van der Waals surface area contributed by atoms with Gasteiger partial charge in [0.05, 0.1) is 37.0 Å². The highest BCUT2D eigenvalue weighted by Crippen LogP contribution is 2.49. The number of nitrogen functional groups attached to an aromatic ring is 1. The number of carbonyl (C=O) groups excluding carboxylic acids is 1. The fourth-order valence-corrected chi connectivity index (χ4v) is 6.10. The molecule has 42 heavy (non-hydrogen) atoms. The van der Waals surface area contributed by atoms with Crippen molar-refractivity contribution in [3.63, 3.8) is 0 Å². The van der Waals surface area contributed by atoms with E-state index >= 15 is 0 Å². The molecule has 4 atom stereocenters. The minimum Gasteiger partial charge on any atom is -0.456 e. The van der Waals surface area contributed by atoms with Gasteiger partial charge in [-0.25, -0.2) is 4.99 Å². The molecular weight excluding hydrogens is 560 g/mol. The van der Waals surface area contributed by atoms with Crippen LogP contribution in [0.1, 0.15) is 54.2 Å². The largest absolute Gasteiger partial charge is 0.456 e. The van der Waals surface area contributed by atoms with E-state index in [1.165, 1.54) is 12.4 Å². The molecule has 14 heteroatoms. The molecule has 4 unspecified atom stereocenters. The zero-order chi connectivity index (χ0) is 30.4. The van der Waals surface area contributed by atoms with E-state index in [1.807, 2.05) is 13.8 Å². The van der Waals surface area contributed by atoms with Gasteiger partial charge >= 0.3 is 5.97 Å². The number of carbonyl (C=O) groups is 1. The van der Waals surface area contributed by atoms with Crippen LogP contribution in [0, 0.1) is 0 Å². The second kappa shape index (κ2) is 11.3. The first-order valence-corrected chi connectivity index (χ1v) is 15.1. The summed E-state index contributed by atoms with van der Waals surface area (Å²) in [7, 11) is 0.125. The molecule has 3 aliphatic heterocycles. The van der Waals surface area contributed by atoms with Gasteiger partial charge < -0.3 is 39.4 Å². The topological polar surface area (TPSA) is 163 Å². The van der Waals surface area contributed by atoms with Gasteiger partial charge in [0.15, 0.2) is 12.3 Å². The molecule has 3 aliphatic rings. The van der Waals surface area contributed by atoms with Crippen LogP contribution in [0.4, 0.5) is 17.3 Å². The highest BCUT2D eigenvalue weighted by molar-refractivity contribution is 6.31. The van der Waals surface area contributed by atoms with Gasteiger partial charge in [-0.05, 0) is 25.8 Å². The molecular formula is C28H40N6O7Si. The van der Waals surface area contributed by atoms with E-state index in [1.54, 1.807) is 17.7 Å². The van der Waals surface area contributed by atoms with Crippen LogP contribution in [0.25, 0.3) is 10.8 Å². The maximum Gasteiger partial charge on any atom is 0.307 e. The van der Waals surface area contributed by atoms with Crippen molar-refractivity contribution in [1.82, 2.24) is 14.5 Å². The summed E-state index contributed by atoms with van der Waals surface area (Å²) in [6.07, 6.45) is 0.312. The Morgan fingerprint density at radius 3 is 2.69 bits per heavy atom. The lowest BCUT2D eigenvalue weighted by molar-refractivity contribution is -0.169. The van der Waals surface area contributed by atoms with Crippen LogP contribution in [-0.2, 0) is 23.4 Å². The average molecular weight is 601 g/mol. The molecule has 5 rings (SSSR count). The van der Waals surface area contributed by atoms with Crippen molar-refractivity contribution < 1.29 is 28.5 Å². The number of ether oxygens (including phenoxy) is 3. The number of rotatable bonds is 8. The first-order valence-electron chi connectivity index (χ1n) is 14.1. The molecule has 2 aromatic heterocycles. The Bertz CT molecular complexity index is 1430. The Labute approximate surface area is 247 Å². The molecule has 2 aromatic rings. The maximum atomic E-state index is 13.2. The number of hydrogen-bond acceptors (Lipinski definition) is 12. The molecule has 0 spiro atoms. The summed E-state index contributed by atoms with van der Waals surface area (Å²) in [6.45, 7) is 14.8. The van der Waals surface area contributed by atoms with Crippen molar-refractivity contribution in [2.24, 2.45) is 4.99 Å². The number of anilines is 2. The van der Waals surface area contributed by atoms with E-state index in [0.717, 1.165) is 13.1 Å². The molecule has 4 N–H and O–H groups in total. The second-order valence-corrected chi connectivity index (χ2v) is 14.7. The fraction of sp³-hybridized carbons (Fsp3) is 0.643. The Kier molecular flexibility index (Phi) is 8.24. The monoisotopic (exact) mass is 600 g/mol. The lowest BCUT2D eigenvalue weighted by atomic mass is 9.88. The van der Waals surface area contributed by atoms with Crippen LogP contribution < -0.4 is 16.6 Å². The van der Waals surface area contributed by atoms with E-state index < -0.39 is 41.2 Å². The molecule has 2 fully saturated rings. The number of esters is 1. The number of nitrogens with zero attached hydrogens (tertiary/aromatic N) is 4. The molecule has 0 aliphatic carbocycles. The minimum atomic E-state index is -1.70. The van der Waals surface area contributed by atoms with Crippen molar-refractivity contribution in [3.05, 3.63) is 22.6 Å². The Morgan fingerprint density at radius 1 is 1.29 bits per heavy atom. The van der Waals surface area contributed by atoms with Gasteiger partial charge in [0, 0.05) is 43.0 Å². The summed E-state index contributed by atoms with van der Waals surface area (Å²) in [5.74, 6) is 0.250. The third kappa shape index (κ3) is 6.10. The molecule has 5 heterocycles. The van der Waals surface area contributed by atoms with E-state index in [9.17, 15) is 14.7 Å². The molecule has 0 amide bonds.